The Labute approximate surface area is 135 Å². The molecule has 1 aliphatic rings. The molecule has 2 rings (SSSR count). The van der Waals surface area contributed by atoms with Crippen LogP contribution >= 0.6 is 0 Å². The van der Waals surface area contributed by atoms with Gasteiger partial charge in [-0.25, -0.2) is 4.39 Å². The number of aliphatic hydroxyl groups is 1. The fourth-order valence-electron chi connectivity index (χ4n) is 2.62. The summed E-state index contributed by atoms with van der Waals surface area (Å²) in [7, 11) is 0. The second-order valence-electron chi connectivity index (χ2n) is 5.95. The molecule has 6 N–H and O–H groups in total. The average Bonchev–Trinajstić information content (AvgIpc) is 2.40. The zero-order chi connectivity index (χ0) is 16.8. The minimum absolute atomic E-state index is 0.108. The summed E-state index contributed by atoms with van der Waals surface area (Å²) in [4.78, 5) is 10.8. The van der Waals surface area contributed by atoms with Crippen molar-refractivity contribution >= 4 is 11.6 Å². The number of benzene rings is 1. The van der Waals surface area contributed by atoms with Gasteiger partial charge in [-0.3, -0.25) is 10.1 Å². The molecule has 1 saturated carbocycles. The van der Waals surface area contributed by atoms with E-state index < -0.39 is 6.23 Å². The zero-order valence-corrected chi connectivity index (χ0v) is 13.4. The van der Waals surface area contributed by atoms with Crippen LogP contribution in [0, 0.1) is 5.82 Å². The molecule has 0 radical (unpaired) electrons. The number of rotatable bonds is 8. The number of nitrogens with one attached hydrogen (secondary N) is 3. The lowest BCUT2D eigenvalue weighted by Gasteiger charge is -2.29. The summed E-state index contributed by atoms with van der Waals surface area (Å²) < 4.78 is 14.4. The van der Waals surface area contributed by atoms with Crippen molar-refractivity contribution in [1.82, 2.24) is 10.6 Å². The predicted octanol–water partition coefficient (Wildman–Crippen LogP) is 0.965. The van der Waals surface area contributed by atoms with Gasteiger partial charge in [-0.2, -0.15) is 0 Å². The van der Waals surface area contributed by atoms with E-state index in [9.17, 15) is 14.3 Å². The maximum absolute atomic E-state index is 14.4. The molecule has 6 nitrogen and oxygen atoms in total. The fraction of sp³-hybridized carbons (Fsp3) is 0.562. The molecule has 0 aliphatic heterocycles. The highest BCUT2D eigenvalue weighted by molar-refractivity contribution is 5.72. The van der Waals surface area contributed by atoms with Gasteiger partial charge in [-0.1, -0.05) is 12.5 Å². The first-order valence-corrected chi connectivity index (χ1v) is 7.92. The van der Waals surface area contributed by atoms with Gasteiger partial charge in [-0.05, 0) is 36.0 Å². The van der Waals surface area contributed by atoms with E-state index in [4.69, 9.17) is 5.73 Å². The summed E-state index contributed by atoms with van der Waals surface area (Å²) in [5.41, 5.74) is 7.53. The second-order valence-corrected chi connectivity index (χ2v) is 5.95. The molecule has 0 aromatic heterocycles. The summed E-state index contributed by atoms with van der Waals surface area (Å²) in [6, 6.07) is 3.45. The number of carbonyl (C=O) groups excluding carboxylic acids is 1. The summed E-state index contributed by atoms with van der Waals surface area (Å²) in [6.07, 6.45) is 2.21. The van der Waals surface area contributed by atoms with Gasteiger partial charge in [0.2, 0.25) is 5.91 Å². The normalized spacial score (nSPS) is 15.8. The van der Waals surface area contributed by atoms with Crippen LogP contribution in [0.5, 0.6) is 0 Å². The monoisotopic (exact) mass is 324 g/mol. The molecule has 1 unspecified atom stereocenters. The Kier molecular flexibility index (Phi) is 6.32. The molecule has 1 aromatic carbocycles. The molecular weight excluding hydrogens is 299 g/mol. The van der Waals surface area contributed by atoms with Gasteiger partial charge in [0.1, 0.15) is 12.0 Å². The lowest BCUT2D eigenvalue weighted by molar-refractivity contribution is -0.119. The van der Waals surface area contributed by atoms with Crippen molar-refractivity contribution in [3.05, 3.63) is 29.1 Å². The van der Waals surface area contributed by atoms with Crippen molar-refractivity contribution in [2.45, 2.75) is 44.9 Å². The molecule has 0 bridgehead atoms. The van der Waals surface area contributed by atoms with Crippen molar-refractivity contribution in [3.8, 4) is 0 Å². The molecule has 23 heavy (non-hydrogen) atoms. The molecule has 128 valence electrons. The second kappa shape index (κ2) is 8.24. The number of halogens is 1. The summed E-state index contributed by atoms with van der Waals surface area (Å²) in [6.45, 7) is 2.37. The van der Waals surface area contributed by atoms with Crippen molar-refractivity contribution in [1.29, 1.82) is 0 Å². The third-order valence-electron chi connectivity index (χ3n) is 4.00. The highest BCUT2D eigenvalue weighted by Gasteiger charge is 2.24. The number of nitrogens with two attached hydrogens (primary N) is 1. The minimum Gasteiger partial charge on any atom is -0.378 e. The topological polar surface area (TPSA) is 99.4 Å². The van der Waals surface area contributed by atoms with Gasteiger partial charge in [0, 0.05) is 13.5 Å². The SMILES string of the molecule is CC(=O)NCNCc1cc(F)c(NCC(N)O)c(C2CCC2)c1. The molecule has 0 spiro atoms. The Morgan fingerprint density at radius 1 is 1.48 bits per heavy atom. The van der Waals surface area contributed by atoms with Crippen LogP contribution in [0.25, 0.3) is 0 Å². The Hall–Kier alpha value is -1.70. The first-order chi connectivity index (χ1) is 11.0. The van der Waals surface area contributed by atoms with Crippen LogP contribution in [0.1, 0.15) is 43.2 Å². The maximum atomic E-state index is 14.4. The Morgan fingerprint density at radius 2 is 2.22 bits per heavy atom. The van der Waals surface area contributed by atoms with Crippen LogP contribution in [0.3, 0.4) is 0 Å². The molecule has 0 heterocycles. The van der Waals surface area contributed by atoms with Crippen molar-refractivity contribution < 1.29 is 14.3 Å². The van der Waals surface area contributed by atoms with E-state index in [1.165, 1.54) is 13.0 Å². The standard InChI is InChI=1S/C16H25FN4O2/c1-10(22)21-9-19-7-11-5-13(12-3-2-4-12)16(14(17)6-11)20-8-15(18)23/h5-6,12,15,19-20,23H,2-4,7-9,18H2,1H3,(H,21,22). The number of anilines is 1. The first kappa shape index (κ1) is 17.7. The van der Waals surface area contributed by atoms with Gasteiger partial charge in [0.15, 0.2) is 0 Å². The average molecular weight is 324 g/mol. The van der Waals surface area contributed by atoms with Crippen LogP contribution < -0.4 is 21.7 Å². The Morgan fingerprint density at radius 3 is 2.78 bits per heavy atom. The predicted molar refractivity (Wildman–Crippen MR) is 87.2 cm³/mol. The van der Waals surface area contributed by atoms with Crippen LogP contribution in [0.4, 0.5) is 10.1 Å². The quantitative estimate of drug-likeness (QED) is 0.362. The Bertz CT molecular complexity index is 547. The molecule has 1 atom stereocenters. The van der Waals surface area contributed by atoms with Crippen LogP contribution in [-0.2, 0) is 11.3 Å². The van der Waals surface area contributed by atoms with E-state index >= 15 is 0 Å². The molecule has 1 aromatic rings. The van der Waals surface area contributed by atoms with Gasteiger partial charge < -0.3 is 21.5 Å². The van der Waals surface area contributed by atoms with Crippen molar-refractivity contribution in [3.63, 3.8) is 0 Å². The smallest absolute Gasteiger partial charge is 0.217 e. The van der Waals surface area contributed by atoms with E-state index in [1.807, 2.05) is 6.07 Å². The molecule has 1 aliphatic carbocycles. The summed E-state index contributed by atoms with van der Waals surface area (Å²) >= 11 is 0. The summed E-state index contributed by atoms with van der Waals surface area (Å²) in [5.74, 6) is -0.109. The fourth-order valence-corrected chi connectivity index (χ4v) is 2.62. The van der Waals surface area contributed by atoms with Crippen LogP contribution in [-0.4, -0.2) is 30.5 Å². The third kappa shape index (κ3) is 5.16. The minimum atomic E-state index is -1.03. The number of hydrogen-bond acceptors (Lipinski definition) is 5. The van der Waals surface area contributed by atoms with Gasteiger partial charge in [0.25, 0.3) is 0 Å². The van der Waals surface area contributed by atoms with E-state index in [2.05, 4.69) is 16.0 Å². The van der Waals surface area contributed by atoms with Crippen molar-refractivity contribution in [2.24, 2.45) is 5.73 Å². The third-order valence-corrected chi connectivity index (χ3v) is 4.00. The molecule has 1 amide bonds. The molecule has 1 fully saturated rings. The highest BCUT2D eigenvalue weighted by atomic mass is 19.1. The number of hydrogen-bond donors (Lipinski definition) is 5. The molecule has 0 saturated heterocycles. The number of amides is 1. The van der Waals surface area contributed by atoms with Gasteiger partial charge in [-0.15, -0.1) is 0 Å². The zero-order valence-electron chi connectivity index (χ0n) is 13.4. The van der Waals surface area contributed by atoms with Crippen molar-refractivity contribution in [2.75, 3.05) is 18.5 Å². The van der Waals surface area contributed by atoms with Crippen LogP contribution in [0.2, 0.25) is 0 Å². The van der Waals surface area contributed by atoms with E-state index in [0.717, 1.165) is 30.4 Å². The van der Waals surface area contributed by atoms with Gasteiger partial charge in [0.05, 0.1) is 18.9 Å². The molecular formula is C16H25FN4O2. The lowest BCUT2D eigenvalue weighted by atomic mass is 9.78. The van der Waals surface area contributed by atoms with Crippen LogP contribution in [0.15, 0.2) is 12.1 Å². The highest BCUT2D eigenvalue weighted by Crippen LogP contribution is 2.41. The number of aliphatic hydroxyl groups excluding tert-OH is 1. The number of carbonyl (C=O) groups is 1. The Balaban J connectivity index is 2.08. The van der Waals surface area contributed by atoms with Gasteiger partial charge >= 0.3 is 0 Å². The largest absolute Gasteiger partial charge is 0.378 e. The lowest BCUT2D eigenvalue weighted by Crippen LogP contribution is -2.32. The first-order valence-electron chi connectivity index (χ1n) is 7.92. The summed E-state index contributed by atoms with van der Waals surface area (Å²) in [5, 5.41) is 17.8. The molecule has 7 heteroatoms. The van der Waals surface area contributed by atoms with E-state index in [-0.39, 0.29) is 18.3 Å². The maximum Gasteiger partial charge on any atom is 0.217 e. The van der Waals surface area contributed by atoms with E-state index in [0.29, 0.717) is 24.8 Å². The van der Waals surface area contributed by atoms with E-state index in [1.54, 1.807) is 0 Å².